The third-order valence-electron chi connectivity index (χ3n) is 2.89. The van der Waals surface area contributed by atoms with Gasteiger partial charge in [-0.2, -0.15) is 5.26 Å². The standard InChI is InChI=1S/C17H14BrN3O3/c1-23-15-10-12(2-5-14(15)24-9-8-19)3-7-17(22)21-16-6-4-13(18)11-20-16/h2-7,10-11H,9H2,1H3,(H,20,21,22)/b7-3+. The van der Waals surface area contributed by atoms with Gasteiger partial charge in [-0.15, -0.1) is 0 Å². The summed E-state index contributed by atoms with van der Waals surface area (Å²) >= 11 is 3.28. The van der Waals surface area contributed by atoms with Crippen LogP contribution in [0.4, 0.5) is 5.82 Å². The number of anilines is 1. The van der Waals surface area contributed by atoms with E-state index in [2.05, 4.69) is 26.2 Å². The number of ether oxygens (including phenoxy) is 2. The second-order valence-corrected chi connectivity index (χ2v) is 5.46. The highest BCUT2D eigenvalue weighted by Crippen LogP contribution is 2.28. The molecule has 1 aromatic heterocycles. The first-order valence-corrected chi connectivity index (χ1v) is 7.70. The van der Waals surface area contributed by atoms with E-state index in [0.29, 0.717) is 17.3 Å². The van der Waals surface area contributed by atoms with Gasteiger partial charge in [-0.05, 0) is 51.8 Å². The summed E-state index contributed by atoms with van der Waals surface area (Å²) in [6.45, 7) is -0.0614. The fourth-order valence-corrected chi connectivity index (χ4v) is 2.04. The molecule has 24 heavy (non-hydrogen) atoms. The fourth-order valence-electron chi connectivity index (χ4n) is 1.81. The number of carbonyl (C=O) groups excluding carboxylic acids is 1. The molecule has 0 aliphatic rings. The Bertz CT molecular complexity index is 783. The van der Waals surface area contributed by atoms with Crippen molar-refractivity contribution in [1.82, 2.24) is 4.98 Å². The number of aromatic nitrogens is 1. The summed E-state index contributed by atoms with van der Waals surface area (Å²) in [6, 6.07) is 10.5. The molecule has 1 heterocycles. The number of carbonyl (C=O) groups is 1. The quantitative estimate of drug-likeness (QED) is 0.767. The molecule has 0 aliphatic heterocycles. The van der Waals surface area contributed by atoms with E-state index >= 15 is 0 Å². The average Bonchev–Trinajstić information content (AvgIpc) is 2.60. The molecule has 0 atom stereocenters. The van der Waals surface area contributed by atoms with Crippen molar-refractivity contribution in [2.75, 3.05) is 19.0 Å². The van der Waals surface area contributed by atoms with Crippen molar-refractivity contribution in [1.29, 1.82) is 5.26 Å². The number of hydrogen-bond donors (Lipinski definition) is 1. The van der Waals surface area contributed by atoms with E-state index < -0.39 is 0 Å². The largest absolute Gasteiger partial charge is 0.493 e. The van der Waals surface area contributed by atoms with Crippen LogP contribution in [0.2, 0.25) is 0 Å². The van der Waals surface area contributed by atoms with Crippen LogP contribution in [-0.2, 0) is 4.79 Å². The highest BCUT2D eigenvalue weighted by atomic mass is 79.9. The Hall–Kier alpha value is -2.85. The van der Waals surface area contributed by atoms with Crippen molar-refractivity contribution in [3.05, 3.63) is 52.6 Å². The van der Waals surface area contributed by atoms with Gasteiger partial charge in [0.25, 0.3) is 0 Å². The van der Waals surface area contributed by atoms with E-state index in [1.165, 1.54) is 13.2 Å². The molecule has 2 rings (SSSR count). The van der Waals surface area contributed by atoms with Crippen LogP contribution in [0.5, 0.6) is 11.5 Å². The summed E-state index contributed by atoms with van der Waals surface area (Å²) in [6.07, 6.45) is 4.64. The SMILES string of the molecule is COc1cc(/C=C/C(=O)Nc2ccc(Br)cn2)ccc1OCC#N. The first-order valence-electron chi connectivity index (χ1n) is 6.91. The maximum absolute atomic E-state index is 11.9. The second kappa shape index (κ2) is 8.70. The highest BCUT2D eigenvalue weighted by Gasteiger charge is 2.05. The molecule has 7 heteroatoms. The van der Waals surface area contributed by atoms with E-state index in [1.54, 1.807) is 42.6 Å². The summed E-state index contributed by atoms with van der Waals surface area (Å²) in [5.74, 6) is 1.13. The monoisotopic (exact) mass is 387 g/mol. The topological polar surface area (TPSA) is 84.2 Å². The molecule has 6 nitrogen and oxygen atoms in total. The lowest BCUT2D eigenvalue weighted by Gasteiger charge is -2.08. The zero-order valence-corrected chi connectivity index (χ0v) is 14.4. The van der Waals surface area contributed by atoms with Gasteiger partial charge in [0, 0.05) is 16.7 Å². The molecular weight excluding hydrogens is 374 g/mol. The first kappa shape index (κ1) is 17.5. The molecule has 0 saturated heterocycles. The van der Waals surface area contributed by atoms with Crippen LogP contribution in [-0.4, -0.2) is 24.6 Å². The van der Waals surface area contributed by atoms with Crippen LogP contribution >= 0.6 is 15.9 Å². The van der Waals surface area contributed by atoms with Crippen molar-refractivity contribution in [2.24, 2.45) is 0 Å². The number of hydrogen-bond acceptors (Lipinski definition) is 5. The van der Waals surface area contributed by atoms with Crippen LogP contribution in [0.25, 0.3) is 6.08 Å². The van der Waals surface area contributed by atoms with E-state index in [0.717, 1.165) is 10.0 Å². The van der Waals surface area contributed by atoms with Gasteiger partial charge in [0.15, 0.2) is 18.1 Å². The van der Waals surface area contributed by atoms with E-state index in [1.807, 2.05) is 6.07 Å². The van der Waals surface area contributed by atoms with Crippen molar-refractivity contribution in [2.45, 2.75) is 0 Å². The lowest BCUT2D eigenvalue weighted by Crippen LogP contribution is -2.08. The summed E-state index contributed by atoms with van der Waals surface area (Å²) in [5, 5.41) is 11.2. The van der Waals surface area contributed by atoms with E-state index in [4.69, 9.17) is 14.7 Å². The fraction of sp³-hybridized carbons (Fsp3) is 0.118. The molecule has 1 aromatic carbocycles. The second-order valence-electron chi connectivity index (χ2n) is 4.54. The molecule has 1 N–H and O–H groups in total. The number of amides is 1. The zero-order valence-electron chi connectivity index (χ0n) is 12.8. The number of nitriles is 1. The molecule has 0 spiro atoms. The van der Waals surface area contributed by atoms with Crippen molar-refractivity contribution in [3.8, 4) is 17.6 Å². The molecule has 122 valence electrons. The van der Waals surface area contributed by atoms with Gasteiger partial charge in [0.2, 0.25) is 5.91 Å². The minimum absolute atomic E-state index is 0.0614. The molecule has 0 unspecified atom stereocenters. The molecule has 0 bridgehead atoms. The number of pyridine rings is 1. The van der Waals surface area contributed by atoms with Gasteiger partial charge < -0.3 is 14.8 Å². The number of rotatable bonds is 6. The van der Waals surface area contributed by atoms with Gasteiger partial charge in [0.05, 0.1) is 7.11 Å². The average molecular weight is 388 g/mol. The minimum atomic E-state index is -0.298. The number of halogens is 1. The molecule has 0 radical (unpaired) electrons. The van der Waals surface area contributed by atoms with Crippen molar-refractivity contribution in [3.63, 3.8) is 0 Å². The van der Waals surface area contributed by atoms with Crippen LogP contribution in [0, 0.1) is 11.3 Å². The van der Waals surface area contributed by atoms with E-state index in [9.17, 15) is 4.79 Å². The van der Waals surface area contributed by atoms with Gasteiger partial charge in [0.1, 0.15) is 11.9 Å². The first-order chi connectivity index (χ1) is 11.6. The normalized spacial score (nSPS) is 10.2. The van der Waals surface area contributed by atoms with Crippen LogP contribution in [0.3, 0.4) is 0 Å². The van der Waals surface area contributed by atoms with Crippen molar-refractivity contribution >= 4 is 33.7 Å². The number of methoxy groups -OCH3 is 1. The molecule has 0 aliphatic carbocycles. The Kier molecular flexibility index (Phi) is 6.34. The lowest BCUT2D eigenvalue weighted by molar-refractivity contribution is -0.111. The molecule has 1 amide bonds. The maximum Gasteiger partial charge on any atom is 0.249 e. The molecule has 0 fully saturated rings. The van der Waals surface area contributed by atoms with Crippen LogP contribution in [0.15, 0.2) is 47.1 Å². The van der Waals surface area contributed by atoms with Crippen molar-refractivity contribution < 1.29 is 14.3 Å². The Balaban J connectivity index is 2.03. The highest BCUT2D eigenvalue weighted by molar-refractivity contribution is 9.10. The Morgan fingerprint density at radius 2 is 2.21 bits per heavy atom. The number of benzene rings is 1. The van der Waals surface area contributed by atoms with Gasteiger partial charge in [-0.1, -0.05) is 6.07 Å². The van der Waals surface area contributed by atoms with Crippen LogP contribution in [0.1, 0.15) is 5.56 Å². The molecule has 2 aromatic rings. The smallest absolute Gasteiger partial charge is 0.249 e. The Labute approximate surface area is 147 Å². The number of nitrogens with zero attached hydrogens (tertiary/aromatic N) is 2. The molecular formula is C17H14BrN3O3. The summed E-state index contributed by atoms with van der Waals surface area (Å²) in [7, 11) is 1.51. The predicted octanol–water partition coefficient (Wildman–Crippen LogP) is 3.41. The number of nitrogens with one attached hydrogen (secondary N) is 1. The molecule has 0 saturated carbocycles. The maximum atomic E-state index is 11.9. The van der Waals surface area contributed by atoms with Gasteiger partial charge >= 0.3 is 0 Å². The third kappa shape index (κ3) is 5.11. The third-order valence-corrected chi connectivity index (χ3v) is 3.35. The summed E-state index contributed by atoms with van der Waals surface area (Å²) < 4.78 is 11.3. The van der Waals surface area contributed by atoms with E-state index in [-0.39, 0.29) is 12.5 Å². The lowest BCUT2D eigenvalue weighted by atomic mass is 10.2. The summed E-state index contributed by atoms with van der Waals surface area (Å²) in [4.78, 5) is 16.0. The Morgan fingerprint density at radius 1 is 1.38 bits per heavy atom. The minimum Gasteiger partial charge on any atom is -0.493 e. The predicted molar refractivity (Wildman–Crippen MR) is 93.7 cm³/mol. The van der Waals surface area contributed by atoms with Gasteiger partial charge in [-0.25, -0.2) is 4.98 Å². The summed E-state index contributed by atoms with van der Waals surface area (Å²) in [5.41, 5.74) is 0.759. The van der Waals surface area contributed by atoms with Gasteiger partial charge in [-0.3, -0.25) is 4.79 Å². The Morgan fingerprint density at radius 3 is 2.88 bits per heavy atom. The van der Waals surface area contributed by atoms with Crippen LogP contribution < -0.4 is 14.8 Å². The zero-order chi connectivity index (χ0) is 17.4.